The van der Waals surface area contributed by atoms with Crippen molar-refractivity contribution in [2.24, 2.45) is 5.73 Å². The summed E-state index contributed by atoms with van der Waals surface area (Å²) < 4.78 is 11.6. The number of benzene rings is 2. The lowest BCUT2D eigenvalue weighted by atomic mass is 10.0. The molecule has 0 unspecified atom stereocenters. The molecule has 2 aromatic carbocycles. The molecule has 0 amide bonds. The van der Waals surface area contributed by atoms with Crippen molar-refractivity contribution in [3.05, 3.63) is 54.1 Å². The Morgan fingerprint density at radius 3 is 2.54 bits per heavy atom. The second-order valence-corrected chi connectivity index (χ2v) is 6.75. The van der Waals surface area contributed by atoms with Gasteiger partial charge in [0.05, 0.1) is 13.2 Å². The summed E-state index contributed by atoms with van der Waals surface area (Å²) in [5, 5.41) is 0. The van der Waals surface area contributed by atoms with Gasteiger partial charge in [-0.15, -0.1) is 0 Å². The quantitative estimate of drug-likeness (QED) is 0.761. The molecule has 1 aliphatic carbocycles. The fourth-order valence-corrected chi connectivity index (χ4v) is 3.33. The summed E-state index contributed by atoms with van der Waals surface area (Å²) in [4.78, 5) is 4.52. The van der Waals surface area contributed by atoms with Crippen LogP contribution in [0.5, 0.6) is 0 Å². The standard InChI is InChI=1S/C20H22N2O2/c21-20(11-3-4-12-20)14-23-13-15-7-9-16(10-8-15)19-22-17-5-1-2-6-18(17)24-19/h1-2,5-10H,3-4,11-14,21H2. The topological polar surface area (TPSA) is 61.3 Å². The Bertz CT molecular complexity index is 784. The molecule has 4 nitrogen and oxygen atoms in total. The lowest BCUT2D eigenvalue weighted by Crippen LogP contribution is -2.41. The molecule has 1 fully saturated rings. The van der Waals surface area contributed by atoms with E-state index in [4.69, 9.17) is 14.9 Å². The van der Waals surface area contributed by atoms with E-state index in [1.165, 1.54) is 12.8 Å². The van der Waals surface area contributed by atoms with E-state index in [1.54, 1.807) is 0 Å². The third kappa shape index (κ3) is 3.21. The van der Waals surface area contributed by atoms with Crippen LogP contribution in [0.25, 0.3) is 22.6 Å². The second kappa shape index (κ2) is 6.38. The van der Waals surface area contributed by atoms with Crippen LogP contribution < -0.4 is 5.73 Å². The number of rotatable bonds is 5. The molecule has 4 heteroatoms. The Morgan fingerprint density at radius 2 is 1.79 bits per heavy atom. The third-order valence-corrected chi connectivity index (χ3v) is 4.75. The Kier molecular flexibility index (Phi) is 4.08. The minimum atomic E-state index is -0.113. The van der Waals surface area contributed by atoms with E-state index in [2.05, 4.69) is 17.1 Å². The molecule has 1 aliphatic rings. The number of oxazole rings is 1. The highest BCUT2D eigenvalue weighted by molar-refractivity contribution is 5.75. The molecule has 4 rings (SSSR count). The maximum atomic E-state index is 6.31. The summed E-state index contributed by atoms with van der Waals surface area (Å²) in [6.45, 7) is 1.23. The molecule has 1 aromatic heterocycles. The number of hydrogen-bond acceptors (Lipinski definition) is 4. The molecule has 0 atom stereocenters. The van der Waals surface area contributed by atoms with Crippen LogP contribution in [0.1, 0.15) is 31.2 Å². The maximum Gasteiger partial charge on any atom is 0.227 e. The predicted molar refractivity (Wildman–Crippen MR) is 94.5 cm³/mol. The Hall–Kier alpha value is -2.17. The SMILES string of the molecule is NC1(COCc2ccc(-c3nc4ccccc4o3)cc2)CCCC1. The first-order valence-corrected chi connectivity index (χ1v) is 8.53. The van der Waals surface area contributed by atoms with Gasteiger partial charge in [-0.2, -0.15) is 0 Å². The van der Waals surface area contributed by atoms with E-state index in [0.29, 0.717) is 19.1 Å². The van der Waals surface area contributed by atoms with Gasteiger partial charge in [-0.25, -0.2) is 4.98 Å². The molecule has 0 spiro atoms. The average molecular weight is 322 g/mol. The number of hydrogen-bond donors (Lipinski definition) is 1. The van der Waals surface area contributed by atoms with Gasteiger partial charge in [0, 0.05) is 11.1 Å². The van der Waals surface area contributed by atoms with Gasteiger partial charge in [0.1, 0.15) is 5.52 Å². The maximum absolute atomic E-state index is 6.31. The third-order valence-electron chi connectivity index (χ3n) is 4.75. The van der Waals surface area contributed by atoms with Crippen molar-refractivity contribution in [3.8, 4) is 11.5 Å². The molecule has 0 saturated heterocycles. The zero-order valence-corrected chi connectivity index (χ0v) is 13.7. The van der Waals surface area contributed by atoms with Gasteiger partial charge < -0.3 is 14.9 Å². The monoisotopic (exact) mass is 322 g/mol. The Labute approximate surface area is 141 Å². The molecule has 1 heterocycles. The summed E-state index contributed by atoms with van der Waals surface area (Å²) in [5.41, 5.74) is 10.00. The number of para-hydroxylation sites is 2. The van der Waals surface area contributed by atoms with Crippen molar-refractivity contribution in [2.45, 2.75) is 37.8 Å². The highest BCUT2D eigenvalue weighted by Gasteiger charge is 2.29. The minimum absolute atomic E-state index is 0.113. The molecule has 124 valence electrons. The van der Waals surface area contributed by atoms with E-state index in [1.807, 2.05) is 36.4 Å². The van der Waals surface area contributed by atoms with Gasteiger partial charge in [0.15, 0.2) is 5.58 Å². The van der Waals surface area contributed by atoms with Crippen molar-refractivity contribution in [2.75, 3.05) is 6.61 Å². The van der Waals surface area contributed by atoms with Crippen LogP contribution in [-0.2, 0) is 11.3 Å². The van der Waals surface area contributed by atoms with E-state index in [-0.39, 0.29) is 5.54 Å². The molecule has 1 saturated carbocycles. The summed E-state index contributed by atoms with van der Waals surface area (Å²) in [7, 11) is 0. The first kappa shape index (κ1) is 15.4. The number of ether oxygens (including phenoxy) is 1. The van der Waals surface area contributed by atoms with E-state index < -0.39 is 0 Å². The summed E-state index contributed by atoms with van der Waals surface area (Å²) >= 11 is 0. The number of nitrogens with two attached hydrogens (primary N) is 1. The fraction of sp³-hybridized carbons (Fsp3) is 0.350. The van der Waals surface area contributed by atoms with E-state index >= 15 is 0 Å². The molecular weight excluding hydrogens is 300 g/mol. The smallest absolute Gasteiger partial charge is 0.227 e. The highest BCUT2D eigenvalue weighted by Crippen LogP contribution is 2.28. The van der Waals surface area contributed by atoms with Crippen molar-refractivity contribution >= 4 is 11.1 Å². The van der Waals surface area contributed by atoms with Crippen LogP contribution >= 0.6 is 0 Å². The van der Waals surface area contributed by atoms with Gasteiger partial charge in [0.25, 0.3) is 0 Å². The molecule has 0 aliphatic heterocycles. The van der Waals surface area contributed by atoms with Crippen molar-refractivity contribution in [1.29, 1.82) is 0 Å². The largest absolute Gasteiger partial charge is 0.436 e. The fourth-order valence-electron chi connectivity index (χ4n) is 3.33. The minimum Gasteiger partial charge on any atom is -0.436 e. The molecule has 0 radical (unpaired) electrons. The zero-order valence-electron chi connectivity index (χ0n) is 13.7. The summed E-state index contributed by atoms with van der Waals surface area (Å²) in [6, 6.07) is 16.0. The first-order chi connectivity index (χ1) is 11.7. The molecule has 0 bridgehead atoms. The first-order valence-electron chi connectivity index (χ1n) is 8.53. The van der Waals surface area contributed by atoms with Crippen LogP contribution in [0.15, 0.2) is 52.9 Å². The van der Waals surface area contributed by atoms with Crippen LogP contribution in [0.4, 0.5) is 0 Å². The van der Waals surface area contributed by atoms with Crippen LogP contribution in [0, 0.1) is 0 Å². The number of fused-ring (bicyclic) bond motifs is 1. The van der Waals surface area contributed by atoms with Gasteiger partial charge in [0.2, 0.25) is 5.89 Å². The van der Waals surface area contributed by atoms with Gasteiger partial charge >= 0.3 is 0 Å². The molecular formula is C20H22N2O2. The Balaban J connectivity index is 1.41. The highest BCUT2D eigenvalue weighted by atomic mass is 16.5. The van der Waals surface area contributed by atoms with Gasteiger partial charge in [-0.1, -0.05) is 37.1 Å². The van der Waals surface area contributed by atoms with Crippen molar-refractivity contribution in [3.63, 3.8) is 0 Å². The van der Waals surface area contributed by atoms with Crippen LogP contribution in [0.3, 0.4) is 0 Å². The lowest BCUT2D eigenvalue weighted by Gasteiger charge is -2.23. The Morgan fingerprint density at radius 1 is 1.04 bits per heavy atom. The predicted octanol–water partition coefficient (Wildman–Crippen LogP) is 4.28. The summed E-state index contributed by atoms with van der Waals surface area (Å²) in [5.74, 6) is 0.649. The van der Waals surface area contributed by atoms with Gasteiger partial charge in [-0.05, 0) is 42.7 Å². The zero-order chi connectivity index (χ0) is 16.4. The molecule has 2 N–H and O–H groups in total. The van der Waals surface area contributed by atoms with E-state index in [0.717, 1.165) is 35.1 Å². The van der Waals surface area contributed by atoms with Crippen LogP contribution in [0.2, 0.25) is 0 Å². The van der Waals surface area contributed by atoms with Gasteiger partial charge in [-0.3, -0.25) is 0 Å². The second-order valence-electron chi connectivity index (χ2n) is 6.75. The number of aromatic nitrogens is 1. The van der Waals surface area contributed by atoms with Crippen LogP contribution in [-0.4, -0.2) is 17.1 Å². The van der Waals surface area contributed by atoms with Crippen molar-refractivity contribution in [1.82, 2.24) is 4.98 Å². The average Bonchev–Trinajstić information content (AvgIpc) is 3.22. The van der Waals surface area contributed by atoms with Crippen molar-refractivity contribution < 1.29 is 9.15 Å². The molecule has 3 aromatic rings. The lowest BCUT2D eigenvalue weighted by molar-refractivity contribution is 0.0751. The summed E-state index contributed by atoms with van der Waals surface area (Å²) in [6.07, 6.45) is 4.59. The normalized spacial score (nSPS) is 16.7. The number of nitrogens with zero attached hydrogens (tertiary/aromatic N) is 1. The van der Waals surface area contributed by atoms with E-state index in [9.17, 15) is 0 Å². The molecule has 24 heavy (non-hydrogen) atoms.